The van der Waals surface area contributed by atoms with E-state index in [1.165, 1.54) is 37.4 Å². The first-order valence-corrected chi connectivity index (χ1v) is 10.1. The van der Waals surface area contributed by atoms with Crippen LogP contribution < -0.4 is 11.1 Å². The molecule has 0 saturated carbocycles. The van der Waals surface area contributed by atoms with Crippen molar-refractivity contribution in [1.82, 2.24) is 15.5 Å². The molecule has 0 atom stereocenters. The highest BCUT2D eigenvalue weighted by Crippen LogP contribution is 2.29. The molecular weight excluding hydrogens is 376 g/mol. The number of thioether (sulfide) groups is 1. The third-order valence-corrected chi connectivity index (χ3v) is 5.30. The summed E-state index contributed by atoms with van der Waals surface area (Å²) in [4.78, 5) is 4.70. The van der Waals surface area contributed by atoms with E-state index in [9.17, 15) is 0 Å². The second-order valence-electron chi connectivity index (χ2n) is 5.90. The Labute approximate surface area is 165 Å². The van der Waals surface area contributed by atoms with Crippen molar-refractivity contribution in [2.45, 2.75) is 58.9 Å². The monoisotopic (exact) mass is 402 g/mol. The number of hydrogen-bond donors (Lipinski definition) is 2. The van der Waals surface area contributed by atoms with Gasteiger partial charge in [-0.1, -0.05) is 50.0 Å². The van der Waals surface area contributed by atoms with E-state index >= 15 is 0 Å². The number of aromatic nitrogens is 2. The molecular formula is C17H27ClN4OS2. The first-order valence-electron chi connectivity index (χ1n) is 8.43. The summed E-state index contributed by atoms with van der Waals surface area (Å²) in [6, 6.07) is 0. The zero-order valence-electron chi connectivity index (χ0n) is 15.1. The quantitative estimate of drug-likeness (QED) is 0.485. The number of nitrogens with zero attached hydrogens (tertiary/aromatic N) is 2. The van der Waals surface area contributed by atoms with E-state index in [1.54, 1.807) is 0 Å². The molecule has 2 aromatic heterocycles. The fraction of sp³-hybridized carbons (Fsp3) is 0.588. The Balaban J connectivity index is 0.00000312. The fourth-order valence-electron chi connectivity index (χ4n) is 2.78. The van der Waals surface area contributed by atoms with Gasteiger partial charge in [0.2, 0.25) is 5.65 Å². The number of nitrogens with one attached hydrogen (secondary N) is 1. The second-order valence-corrected chi connectivity index (χ2v) is 7.38. The third kappa shape index (κ3) is 5.72. The molecule has 0 fully saturated rings. The Kier molecular flexibility index (Phi) is 9.53. The van der Waals surface area contributed by atoms with Crippen molar-refractivity contribution >= 4 is 57.4 Å². The smallest absolute Gasteiger partial charge is 0.205 e. The van der Waals surface area contributed by atoms with Crippen LogP contribution >= 0.6 is 36.4 Å². The van der Waals surface area contributed by atoms with Gasteiger partial charge < -0.3 is 15.6 Å². The molecule has 8 heteroatoms. The first-order chi connectivity index (χ1) is 11.6. The maximum atomic E-state index is 6.41. The Morgan fingerprint density at radius 2 is 2.00 bits per heavy atom. The summed E-state index contributed by atoms with van der Waals surface area (Å²) in [5, 5.41) is 8.09. The molecule has 2 aromatic rings. The number of anilines is 1. The highest BCUT2D eigenvalue weighted by molar-refractivity contribution is 8.22. The number of nitrogens with two attached hydrogens (primary N) is 1. The van der Waals surface area contributed by atoms with Crippen molar-refractivity contribution < 1.29 is 4.52 Å². The molecule has 2 heterocycles. The van der Waals surface area contributed by atoms with Crippen LogP contribution in [0.2, 0.25) is 0 Å². The summed E-state index contributed by atoms with van der Waals surface area (Å²) in [5.41, 5.74) is 9.74. The van der Waals surface area contributed by atoms with Gasteiger partial charge in [-0.25, -0.2) is 4.98 Å². The standard InChI is InChI=1S/C17H26N4OS2.ClH/c1-4-5-6-7-8-9-13-12(10-19-17(23)24-3)15(18)14-11(2)22-21-16(14)20-13;/h4-10,18H2,1-3H3,(H,19,23);1H. The number of halogens is 1. The van der Waals surface area contributed by atoms with Gasteiger partial charge in [-0.3, -0.25) is 0 Å². The molecule has 0 aliphatic carbocycles. The molecule has 0 aliphatic heterocycles. The zero-order valence-corrected chi connectivity index (χ0v) is 17.5. The van der Waals surface area contributed by atoms with Gasteiger partial charge in [0.05, 0.1) is 16.8 Å². The molecule has 3 N–H and O–H groups in total. The van der Waals surface area contributed by atoms with Gasteiger partial charge in [0.25, 0.3) is 0 Å². The Morgan fingerprint density at radius 3 is 2.68 bits per heavy atom. The van der Waals surface area contributed by atoms with E-state index in [2.05, 4.69) is 17.4 Å². The molecule has 5 nitrogen and oxygen atoms in total. The van der Waals surface area contributed by atoms with E-state index in [0.29, 0.717) is 23.6 Å². The van der Waals surface area contributed by atoms with Crippen LogP contribution in [0.1, 0.15) is 56.0 Å². The van der Waals surface area contributed by atoms with E-state index in [-0.39, 0.29) is 12.4 Å². The van der Waals surface area contributed by atoms with Crippen LogP contribution in [0, 0.1) is 6.92 Å². The molecule has 0 radical (unpaired) electrons. The maximum Gasteiger partial charge on any atom is 0.205 e. The van der Waals surface area contributed by atoms with Crippen molar-refractivity contribution in [2.24, 2.45) is 0 Å². The minimum atomic E-state index is 0. The number of thiocarbonyl (C=S) groups is 1. The van der Waals surface area contributed by atoms with Crippen LogP contribution in [0.3, 0.4) is 0 Å². The Morgan fingerprint density at radius 1 is 1.28 bits per heavy atom. The zero-order chi connectivity index (χ0) is 17.5. The van der Waals surface area contributed by atoms with Crippen LogP contribution in [-0.4, -0.2) is 20.7 Å². The Bertz CT molecular complexity index is 706. The van der Waals surface area contributed by atoms with Crippen LogP contribution in [0.4, 0.5) is 5.69 Å². The summed E-state index contributed by atoms with van der Waals surface area (Å²) >= 11 is 6.76. The molecule has 0 amide bonds. The number of pyridine rings is 1. The summed E-state index contributed by atoms with van der Waals surface area (Å²) in [6.07, 6.45) is 8.97. The number of nitrogen functional groups attached to an aromatic ring is 1. The number of rotatable bonds is 8. The molecule has 25 heavy (non-hydrogen) atoms. The lowest BCUT2D eigenvalue weighted by Crippen LogP contribution is -2.20. The predicted octanol–water partition coefficient (Wildman–Crippen LogP) is 4.79. The van der Waals surface area contributed by atoms with Crippen LogP contribution in [0.15, 0.2) is 4.52 Å². The largest absolute Gasteiger partial charge is 0.398 e. The molecule has 0 aliphatic rings. The van der Waals surface area contributed by atoms with Crippen molar-refractivity contribution in [3.8, 4) is 0 Å². The number of hydrogen-bond acceptors (Lipinski definition) is 6. The third-order valence-electron chi connectivity index (χ3n) is 4.14. The van der Waals surface area contributed by atoms with E-state index < -0.39 is 0 Å². The van der Waals surface area contributed by atoms with Gasteiger partial charge in [0.15, 0.2) is 0 Å². The molecule has 140 valence electrons. The average molecular weight is 403 g/mol. The van der Waals surface area contributed by atoms with E-state index in [1.807, 2.05) is 13.2 Å². The molecule has 0 saturated heterocycles. The topological polar surface area (TPSA) is 77.0 Å². The molecule has 0 unspecified atom stereocenters. The van der Waals surface area contributed by atoms with E-state index in [0.717, 1.165) is 33.8 Å². The highest BCUT2D eigenvalue weighted by Gasteiger charge is 2.17. The minimum absolute atomic E-state index is 0. The van der Waals surface area contributed by atoms with Gasteiger partial charge in [0, 0.05) is 12.1 Å². The summed E-state index contributed by atoms with van der Waals surface area (Å²) in [5.74, 6) is 0.707. The predicted molar refractivity (Wildman–Crippen MR) is 114 cm³/mol. The van der Waals surface area contributed by atoms with Crippen molar-refractivity contribution in [1.29, 1.82) is 0 Å². The average Bonchev–Trinajstić information content (AvgIpc) is 2.95. The first kappa shape index (κ1) is 22.0. The second kappa shape index (κ2) is 10.8. The lowest BCUT2D eigenvalue weighted by molar-refractivity contribution is 0.404. The van der Waals surface area contributed by atoms with Gasteiger partial charge in [-0.15, -0.1) is 24.2 Å². The van der Waals surface area contributed by atoms with Crippen molar-refractivity contribution in [2.75, 3.05) is 12.0 Å². The van der Waals surface area contributed by atoms with E-state index in [4.69, 9.17) is 27.5 Å². The molecule has 0 bridgehead atoms. The summed E-state index contributed by atoms with van der Waals surface area (Å²) < 4.78 is 6.02. The normalized spacial score (nSPS) is 10.7. The summed E-state index contributed by atoms with van der Waals surface area (Å²) in [7, 11) is 0. The Hall–Kier alpha value is -1.05. The highest BCUT2D eigenvalue weighted by atomic mass is 35.5. The van der Waals surface area contributed by atoms with Crippen LogP contribution in [0.5, 0.6) is 0 Å². The maximum absolute atomic E-state index is 6.41. The van der Waals surface area contributed by atoms with Crippen LogP contribution in [-0.2, 0) is 13.0 Å². The molecule has 0 aromatic carbocycles. The molecule has 0 spiro atoms. The van der Waals surface area contributed by atoms with Crippen molar-refractivity contribution in [3.63, 3.8) is 0 Å². The van der Waals surface area contributed by atoms with Gasteiger partial charge in [0.1, 0.15) is 10.1 Å². The number of unbranched alkanes of at least 4 members (excludes halogenated alkanes) is 4. The number of fused-ring (bicyclic) bond motifs is 1. The SMILES string of the molecule is CCCCCCCc1nc2noc(C)c2c(N)c1CNC(=S)SC.Cl. The summed E-state index contributed by atoms with van der Waals surface area (Å²) in [6.45, 7) is 4.67. The lowest BCUT2D eigenvalue weighted by Gasteiger charge is -2.14. The van der Waals surface area contributed by atoms with Gasteiger partial charge in [-0.2, -0.15) is 0 Å². The van der Waals surface area contributed by atoms with Crippen molar-refractivity contribution in [3.05, 3.63) is 17.0 Å². The minimum Gasteiger partial charge on any atom is -0.398 e. The van der Waals surface area contributed by atoms with Gasteiger partial charge >= 0.3 is 0 Å². The number of aryl methyl sites for hydroxylation is 2. The molecule has 2 rings (SSSR count). The fourth-order valence-corrected chi connectivity index (χ4v) is 3.07. The lowest BCUT2D eigenvalue weighted by atomic mass is 10.0. The van der Waals surface area contributed by atoms with Crippen LogP contribution in [0.25, 0.3) is 11.0 Å². The van der Waals surface area contributed by atoms with Gasteiger partial charge in [-0.05, 0) is 26.0 Å².